The van der Waals surface area contributed by atoms with E-state index >= 15 is 0 Å². The molecule has 1 saturated heterocycles. The number of hydrogen-bond donors (Lipinski definition) is 1. The van der Waals surface area contributed by atoms with Gasteiger partial charge in [-0.1, -0.05) is 5.16 Å². The third-order valence-electron chi connectivity index (χ3n) is 2.84. The first-order valence-corrected chi connectivity index (χ1v) is 7.44. The maximum Gasteiger partial charge on any atom is 0.240 e. The van der Waals surface area contributed by atoms with Gasteiger partial charge in [-0.3, -0.25) is 4.90 Å². The Hall–Kier alpha value is -0.630. The molecule has 102 valence electrons. The molecule has 0 spiro atoms. The number of aliphatic hydroxyl groups excluding tert-OH is 1. The highest BCUT2D eigenvalue weighted by atomic mass is 32.2. The summed E-state index contributed by atoms with van der Waals surface area (Å²) in [6, 6.07) is 0. The number of nitrogens with zero attached hydrogens (tertiary/aromatic N) is 3. The van der Waals surface area contributed by atoms with Gasteiger partial charge >= 0.3 is 0 Å². The van der Waals surface area contributed by atoms with Crippen LogP contribution in [0.1, 0.15) is 18.6 Å². The van der Waals surface area contributed by atoms with Gasteiger partial charge in [0.05, 0.1) is 24.5 Å². The number of β-amino-alcohol motifs (C(OH)–C–C–N with tert-alkyl or cyclic N) is 1. The van der Waals surface area contributed by atoms with E-state index < -0.39 is 6.10 Å². The van der Waals surface area contributed by atoms with Crippen LogP contribution < -0.4 is 0 Å². The van der Waals surface area contributed by atoms with Gasteiger partial charge in [-0.05, 0) is 13.2 Å². The average molecular weight is 273 g/mol. The first-order chi connectivity index (χ1) is 8.72. The minimum absolute atomic E-state index is 0.108. The van der Waals surface area contributed by atoms with Crippen molar-refractivity contribution in [3.63, 3.8) is 0 Å². The first-order valence-electron chi connectivity index (χ1n) is 6.05. The molecule has 1 aliphatic rings. The molecule has 0 bridgehead atoms. The molecular formula is C11H19N3O3S. The second-order valence-electron chi connectivity index (χ2n) is 4.29. The SMILES string of the molecule is CCO[C@@H]1CN(Cc2nc(CSC)no2)C[C@H]1O. The fourth-order valence-electron chi connectivity index (χ4n) is 2.07. The Kier molecular flexibility index (Phi) is 4.99. The summed E-state index contributed by atoms with van der Waals surface area (Å²) in [5.74, 6) is 2.08. The summed E-state index contributed by atoms with van der Waals surface area (Å²) >= 11 is 1.66. The van der Waals surface area contributed by atoms with Crippen LogP contribution in [0.4, 0.5) is 0 Å². The molecule has 2 atom stereocenters. The lowest BCUT2D eigenvalue weighted by molar-refractivity contribution is -0.00248. The van der Waals surface area contributed by atoms with Crippen LogP contribution in [0.25, 0.3) is 0 Å². The van der Waals surface area contributed by atoms with Gasteiger partial charge in [-0.2, -0.15) is 16.7 Å². The van der Waals surface area contributed by atoms with E-state index in [1.165, 1.54) is 0 Å². The normalized spacial score (nSPS) is 24.8. The molecule has 1 aliphatic heterocycles. The molecule has 1 N–H and O–H groups in total. The quantitative estimate of drug-likeness (QED) is 0.810. The first kappa shape index (κ1) is 13.8. The monoisotopic (exact) mass is 273 g/mol. The molecule has 6 nitrogen and oxygen atoms in total. The van der Waals surface area contributed by atoms with Crippen molar-refractivity contribution in [1.82, 2.24) is 15.0 Å². The van der Waals surface area contributed by atoms with Crippen LogP contribution >= 0.6 is 11.8 Å². The smallest absolute Gasteiger partial charge is 0.240 e. The molecule has 1 aromatic heterocycles. The Bertz CT molecular complexity index is 374. The van der Waals surface area contributed by atoms with Crippen molar-refractivity contribution in [2.45, 2.75) is 31.4 Å². The fraction of sp³-hybridized carbons (Fsp3) is 0.818. The number of aromatic nitrogens is 2. The van der Waals surface area contributed by atoms with Gasteiger partial charge in [-0.25, -0.2) is 0 Å². The van der Waals surface area contributed by atoms with Crippen molar-refractivity contribution in [3.8, 4) is 0 Å². The van der Waals surface area contributed by atoms with Crippen molar-refractivity contribution in [2.24, 2.45) is 0 Å². The largest absolute Gasteiger partial charge is 0.389 e. The molecule has 0 aromatic carbocycles. The number of aliphatic hydroxyl groups is 1. The lowest BCUT2D eigenvalue weighted by Gasteiger charge is -2.13. The van der Waals surface area contributed by atoms with Crippen LogP contribution in [0.15, 0.2) is 4.52 Å². The number of ether oxygens (including phenoxy) is 1. The average Bonchev–Trinajstić information content (AvgIpc) is 2.89. The minimum Gasteiger partial charge on any atom is -0.389 e. The molecule has 7 heteroatoms. The lowest BCUT2D eigenvalue weighted by atomic mass is 10.3. The Balaban J connectivity index is 1.86. The number of rotatable bonds is 6. The van der Waals surface area contributed by atoms with Crippen LogP contribution in [0, 0.1) is 0 Å². The standard InChI is InChI=1S/C11H19N3O3S/c1-3-16-9-5-14(4-8(9)15)6-11-12-10(7-18-2)13-17-11/h8-9,15H,3-7H2,1-2H3/t8-,9-/m1/s1. The van der Waals surface area contributed by atoms with E-state index in [0.29, 0.717) is 32.1 Å². The summed E-state index contributed by atoms with van der Waals surface area (Å²) in [6.07, 6.45) is 1.46. The van der Waals surface area contributed by atoms with E-state index in [1.54, 1.807) is 11.8 Å². The van der Waals surface area contributed by atoms with Crippen LogP contribution in [0.2, 0.25) is 0 Å². The summed E-state index contributed by atoms with van der Waals surface area (Å²) in [5, 5.41) is 13.7. The molecule has 0 aliphatic carbocycles. The Morgan fingerprint density at radius 2 is 2.39 bits per heavy atom. The van der Waals surface area contributed by atoms with Gasteiger partial charge in [0, 0.05) is 19.7 Å². The molecule has 18 heavy (non-hydrogen) atoms. The van der Waals surface area contributed by atoms with Gasteiger partial charge in [0.1, 0.15) is 0 Å². The van der Waals surface area contributed by atoms with Crippen molar-refractivity contribution in [3.05, 3.63) is 11.7 Å². The summed E-state index contributed by atoms with van der Waals surface area (Å²) in [6.45, 7) is 4.41. The van der Waals surface area contributed by atoms with Crippen LogP contribution in [-0.4, -0.2) is 58.3 Å². The van der Waals surface area contributed by atoms with Crippen molar-refractivity contribution in [1.29, 1.82) is 0 Å². The summed E-state index contributed by atoms with van der Waals surface area (Å²) < 4.78 is 10.6. The molecule has 1 aromatic rings. The van der Waals surface area contributed by atoms with E-state index in [1.807, 2.05) is 13.2 Å². The Labute approximate surface area is 111 Å². The van der Waals surface area contributed by atoms with Gasteiger partial charge < -0.3 is 14.4 Å². The predicted octanol–water partition coefficient (Wildman–Crippen LogP) is 0.514. The Morgan fingerprint density at radius 1 is 1.56 bits per heavy atom. The van der Waals surface area contributed by atoms with E-state index in [2.05, 4.69) is 15.0 Å². The predicted molar refractivity (Wildman–Crippen MR) is 68.2 cm³/mol. The highest BCUT2D eigenvalue weighted by molar-refractivity contribution is 7.97. The highest BCUT2D eigenvalue weighted by Crippen LogP contribution is 2.16. The van der Waals surface area contributed by atoms with Crippen molar-refractivity contribution in [2.75, 3.05) is 26.0 Å². The second kappa shape index (κ2) is 6.51. The van der Waals surface area contributed by atoms with Gasteiger partial charge in [-0.15, -0.1) is 0 Å². The molecule has 1 fully saturated rings. The number of likely N-dealkylation sites (tertiary alicyclic amines) is 1. The zero-order valence-corrected chi connectivity index (χ0v) is 11.5. The van der Waals surface area contributed by atoms with E-state index in [-0.39, 0.29) is 6.10 Å². The second-order valence-corrected chi connectivity index (χ2v) is 5.16. The van der Waals surface area contributed by atoms with Gasteiger partial charge in [0.15, 0.2) is 5.82 Å². The topological polar surface area (TPSA) is 71.6 Å². The third kappa shape index (κ3) is 3.44. The summed E-state index contributed by atoms with van der Waals surface area (Å²) in [4.78, 5) is 6.37. The number of thioether (sulfide) groups is 1. The van der Waals surface area contributed by atoms with Gasteiger partial charge in [0.25, 0.3) is 0 Å². The van der Waals surface area contributed by atoms with E-state index in [4.69, 9.17) is 9.26 Å². The molecular weight excluding hydrogens is 254 g/mol. The molecule has 0 radical (unpaired) electrons. The molecule has 0 amide bonds. The maximum absolute atomic E-state index is 9.82. The highest BCUT2D eigenvalue weighted by Gasteiger charge is 2.32. The number of hydrogen-bond acceptors (Lipinski definition) is 7. The lowest BCUT2D eigenvalue weighted by Crippen LogP contribution is -2.26. The zero-order valence-electron chi connectivity index (χ0n) is 10.7. The molecule has 0 saturated carbocycles. The summed E-state index contributed by atoms with van der Waals surface area (Å²) in [7, 11) is 0. The van der Waals surface area contributed by atoms with E-state index in [9.17, 15) is 5.11 Å². The minimum atomic E-state index is -0.432. The molecule has 0 unspecified atom stereocenters. The van der Waals surface area contributed by atoms with Gasteiger partial charge in [0.2, 0.25) is 5.89 Å². The fourth-order valence-corrected chi connectivity index (χ4v) is 2.45. The van der Waals surface area contributed by atoms with Crippen LogP contribution in [-0.2, 0) is 17.0 Å². The van der Waals surface area contributed by atoms with Crippen molar-refractivity contribution >= 4 is 11.8 Å². The molecule has 2 rings (SSSR count). The van der Waals surface area contributed by atoms with Crippen molar-refractivity contribution < 1.29 is 14.4 Å². The summed E-state index contributed by atoms with van der Waals surface area (Å²) in [5.41, 5.74) is 0. The third-order valence-corrected chi connectivity index (χ3v) is 3.38. The van der Waals surface area contributed by atoms with E-state index in [0.717, 1.165) is 11.6 Å². The zero-order chi connectivity index (χ0) is 13.0. The Morgan fingerprint density at radius 3 is 3.11 bits per heavy atom. The van der Waals surface area contributed by atoms with Crippen LogP contribution in [0.5, 0.6) is 0 Å². The molecule has 2 heterocycles. The van der Waals surface area contributed by atoms with Crippen LogP contribution in [0.3, 0.4) is 0 Å². The maximum atomic E-state index is 9.82.